The van der Waals surface area contributed by atoms with Gasteiger partial charge in [0.05, 0.1) is 24.9 Å². The Morgan fingerprint density at radius 2 is 1.82 bits per heavy atom. The summed E-state index contributed by atoms with van der Waals surface area (Å²) in [5, 5.41) is 26.7. The van der Waals surface area contributed by atoms with Crippen molar-refractivity contribution in [1.29, 1.82) is 0 Å². The van der Waals surface area contributed by atoms with Gasteiger partial charge in [0.25, 0.3) is 0 Å². The maximum absolute atomic E-state index is 9.13. The van der Waals surface area contributed by atoms with Crippen LogP contribution in [0.5, 0.6) is 0 Å². The highest BCUT2D eigenvalue weighted by Gasteiger charge is 2.21. The van der Waals surface area contributed by atoms with Crippen LogP contribution in [-0.4, -0.2) is 46.7 Å². The summed E-state index contributed by atoms with van der Waals surface area (Å²) >= 11 is 0. The molecule has 68 valence electrons. The van der Waals surface area contributed by atoms with Crippen LogP contribution in [-0.2, 0) is 0 Å². The van der Waals surface area contributed by atoms with Crippen LogP contribution in [0.25, 0.3) is 0 Å². The summed E-state index contributed by atoms with van der Waals surface area (Å²) in [7, 11) is 0. The molecule has 0 fully saturated rings. The Morgan fingerprint density at radius 1 is 1.27 bits per heavy atom. The van der Waals surface area contributed by atoms with Gasteiger partial charge >= 0.3 is 0 Å². The van der Waals surface area contributed by atoms with Gasteiger partial charge in [-0.15, -0.1) is 0 Å². The van der Waals surface area contributed by atoms with Crippen LogP contribution < -0.4 is 11.5 Å². The van der Waals surface area contributed by atoms with Gasteiger partial charge in [0.1, 0.15) is 0 Å². The first-order valence-electron chi connectivity index (χ1n) is 3.56. The van der Waals surface area contributed by atoms with Gasteiger partial charge in [0.15, 0.2) is 0 Å². The normalized spacial score (nSPS) is 19.4. The third kappa shape index (κ3) is 3.64. The van der Waals surface area contributed by atoms with Crippen molar-refractivity contribution in [3.8, 4) is 0 Å². The predicted octanol–water partition coefficient (Wildman–Crippen LogP) is -2.62. The van der Waals surface area contributed by atoms with E-state index < -0.39 is 18.2 Å². The van der Waals surface area contributed by atoms with E-state index in [1.54, 1.807) is 0 Å². The zero-order valence-electron chi connectivity index (χ0n) is 6.35. The van der Waals surface area contributed by atoms with Crippen LogP contribution in [0.4, 0.5) is 0 Å². The molecule has 3 atom stereocenters. The summed E-state index contributed by atoms with van der Waals surface area (Å²) in [6.45, 7) is -0.0564. The lowest BCUT2D eigenvalue weighted by Crippen LogP contribution is -2.45. The molecule has 0 amide bonds. The van der Waals surface area contributed by atoms with Crippen molar-refractivity contribution in [3.05, 3.63) is 0 Å². The van der Waals surface area contributed by atoms with E-state index in [9.17, 15) is 0 Å². The minimum atomic E-state index is -1.09. The lowest BCUT2D eigenvalue weighted by molar-refractivity contribution is -0.00967. The summed E-state index contributed by atoms with van der Waals surface area (Å²) in [5.74, 6) is 0. The van der Waals surface area contributed by atoms with Crippen molar-refractivity contribution in [2.24, 2.45) is 11.5 Å². The molecule has 0 saturated heterocycles. The van der Waals surface area contributed by atoms with E-state index in [-0.39, 0.29) is 19.6 Å². The molecule has 0 radical (unpaired) electrons. The van der Waals surface area contributed by atoms with E-state index in [1.807, 2.05) is 0 Å². The number of aliphatic hydroxyl groups is 3. The van der Waals surface area contributed by atoms with E-state index in [2.05, 4.69) is 0 Å². The van der Waals surface area contributed by atoms with Crippen molar-refractivity contribution in [2.45, 2.75) is 24.7 Å². The average Bonchev–Trinajstić information content (AvgIpc) is 2.02. The fourth-order valence-electron chi connectivity index (χ4n) is 0.735. The second-order valence-corrected chi connectivity index (χ2v) is 2.48. The third-order valence-electron chi connectivity index (χ3n) is 1.51. The van der Waals surface area contributed by atoms with Crippen molar-refractivity contribution in [1.82, 2.24) is 0 Å². The quantitative estimate of drug-likeness (QED) is 0.305. The molecule has 5 nitrogen and oxygen atoms in total. The maximum Gasteiger partial charge on any atom is 0.0972 e. The Balaban J connectivity index is 3.70. The Hall–Kier alpha value is -0.200. The summed E-state index contributed by atoms with van der Waals surface area (Å²) in [6.07, 6.45) is -1.75. The predicted molar refractivity (Wildman–Crippen MR) is 40.7 cm³/mol. The fraction of sp³-hybridized carbons (Fsp3) is 1.00. The van der Waals surface area contributed by atoms with Gasteiger partial charge in [-0.25, -0.2) is 0 Å². The standard InChI is InChI=1S/C6H16N2O3/c7-2-1-5(10)6(11)4(8)3-9/h4-6,9-11H,1-3,7-8H2. The van der Waals surface area contributed by atoms with Crippen molar-refractivity contribution >= 4 is 0 Å². The summed E-state index contributed by atoms with van der Waals surface area (Å²) < 4.78 is 0. The first-order valence-corrected chi connectivity index (χ1v) is 3.56. The van der Waals surface area contributed by atoms with E-state index in [0.717, 1.165) is 0 Å². The number of nitrogens with two attached hydrogens (primary N) is 2. The van der Waals surface area contributed by atoms with E-state index >= 15 is 0 Å². The topological polar surface area (TPSA) is 113 Å². The van der Waals surface area contributed by atoms with E-state index in [4.69, 9.17) is 26.8 Å². The summed E-state index contributed by atoms with van der Waals surface area (Å²) in [4.78, 5) is 0. The maximum atomic E-state index is 9.13. The van der Waals surface area contributed by atoms with Crippen LogP contribution in [0.1, 0.15) is 6.42 Å². The minimum absolute atomic E-state index is 0.287. The van der Waals surface area contributed by atoms with Gasteiger partial charge in [-0.3, -0.25) is 0 Å². The van der Waals surface area contributed by atoms with Gasteiger partial charge in [0, 0.05) is 0 Å². The Kier molecular flexibility index (Phi) is 5.35. The largest absolute Gasteiger partial charge is 0.395 e. The second-order valence-electron chi connectivity index (χ2n) is 2.48. The molecule has 7 N–H and O–H groups in total. The zero-order chi connectivity index (χ0) is 8.85. The number of aliphatic hydroxyl groups excluding tert-OH is 3. The third-order valence-corrected chi connectivity index (χ3v) is 1.51. The molecule has 0 heterocycles. The van der Waals surface area contributed by atoms with Crippen LogP contribution in [0.2, 0.25) is 0 Å². The van der Waals surface area contributed by atoms with Gasteiger partial charge in [-0.1, -0.05) is 0 Å². The fourth-order valence-corrected chi connectivity index (χ4v) is 0.735. The highest BCUT2D eigenvalue weighted by molar-refractivity contribution is 4.77. The van der Waals surface area contributed by atoms with Gasteiger partial charge in [0.2, 0.25) is 0 Å². The molecular weight excluding hydrogens is 148 g/mol. The molecule has 0 saturated carbocycles. The number of rotatable bonds is 5. The monoisotopic (exact) mass is 164 g/mol. The molecule has 0 spiro atoms. The average molecular weight is 164 g/mol. The van der Waals surface area contributed by atoms with Gasteiger partial charge < -0.3 is 26.8 Å². The summed E-state index contributed by atoms with van der Waals surface area (Å²) in [5.41, 5.74) is 10.4. The molecule has 11 heavy (non-hydrogen) atoms. The van der Waals surface area contributed by atoms with Crippen LogP contribution in [0.15, 0.2) is 0 Å². The highest BCUT2D eigenvalue weighted by atomic mass is 16.3. The van der Waals surface area contributed by atoms with Crippen molar-refractivity contribution < 1.29 is 15.3 Å². The summed E-state index contributed by atoms with van der Waals surface area (Å²) in [6, 6.07) is -0.795. The molecular formula is C6H16N2O3. The molecule has 0 aliphatic carbocycles. The van der Waals surface area contributed by atoms with Gasteiger partial charge in [-0.2, -0.15) is 0 Å². The molecule has 0 aromatic rings. The first kappa shape index (κ1) is 10.8. The van der Waals surface area contributed by atoms with E-state index in [0.29, 0.717) is 0 Å². The highest BCUT2D eigenvalue weighted by Crippen LogP contribution is 2.00. The lowest BCUT2D eigenvalue weighted by Gasteiger charge is -2.21. The molecule has 0 aromatic carbocycles. The van der Waals surface area contributed by atoms with Crippen molar-refractivity contribution in [3.63, 3.8) is 0 Å². The van der Waals surface area contributed by atoms with Crippen LogP contribution >= 0.6 is 0 Å². The van der Waals surface area contributed by atoms with E-state index in [1.165, 1.54) is 0 Å². The molecule has 0 rings (SSSR count). The molecule has 0 aliphatic rings. The molecule has 0 bridgehead atoms. The molecule has 0 aromatic heterocycles. The Labute approximate surface area is 65.6 Å². The Morgan fingerprint density at radius 3 is 2.18 bits per heavy atom. The zero-order valence-corrected chi connectivity index (χ0v) is 6.35. The Bertz CT molecular complexity index is 102. The molecule has 3 unspecified atom stereocenters. The minimum Gasteiger partial charge on any atom is -0.395 e. The SMILES string of the molecule is NCCC(O)C(O)C(N)CO. The number of hydrogen-bond acceptors (Lipinski definition) is 5. The smallest absolute Gasteiger partial charge is 0.0972 e. The first-order chi connectivity index (χ1) is 5.13. The van der Waals surface area contributed by atoms with Crippen molar-refractivity contribution in [2.75, 3.05) is 13.2 Å². The molecule has 0 aliphatic heterocycles. The van der Waals surface area contributed by atoms with Gasteiger partial charge in [-0.05, 0) is 13.0 Å². The second kappa shape index (κ2) is 5.45. The van der Waals surface area contributed by atoms with Crippen LogP contribution in [0, 0.1) is 0 Å². The van der Waals surface area contributed by atoms with Crippen LogP contribution in [0.3, 0.4) is 0 Å². The lowest BCUT2D eigenvalue weighted by atomic mass is 10.0. The number of hydrogen-bond donors (Lipinski definition) is 5. The molecule has 5 heteroatoms.